The molecule has 0 saturated carbocycles. The van der Waals surface area contributed by atoms with Gasteiger partial charge in [-0.2, -0.15) is 0 Å². The molecule has 2 aromatic carbocycles. The fourth-order valence-corrected chi connectivity index (χ4v) is 4.00. The van der Waals surface area contributed by atoms with Crippen molar-refractivity contribution >= 4 is 28.3 Å². The van der Waals surface area contributed by atoms with Crippen molar-refractivity contribution in [2.24, 2.45) is 0 Å². The molecule has 1 aliphatic heterocycles. The molecule has 1 saturated heterocycles. The summed E-state index contributed by atoms with van der Waals surface area (Å²) in [6.07, 6.45) is 5.50. The predicted molar refractivity (Wildman–Crippen MR) is 134 cm³/mol. The van der Waals surface area contributed by atoms with Gasteiger partial charge < -0.3 is 24.4 Å². The zero-order valence-corrected chi connectivity index (χ0v) is 20.0. The second kappa shape index (κ2) is 10.5. The van der Waals surface area contributed by atoms with Crippen molar-refractivity contribution in [3.8, 4) is 17.2 Å². The first-order valence-electron chi connectivity index (χ1n) is 11.7. The summed E-state index contributed by atoms with van der Waals surface area (Å²) in [7, 11) is 0. The fraction of sp³-hybridized carbons (Fsp3) is 0.269. The van der Waals surface area contributed by atoms with E-state index in [2.05, 4.69) is 25.3 Å². The van der Waals surface area contributed by atoms with Crippen LogP contribution in [-0.2, 0) is 9.53 Å². The number of anilines is 2. The molecule has 0 radical (unpaired) electrons. The van der Waals surface area contributed by atoms with Crippen LogP contribution in [0.25, 0.3) is 10.9 Å². The summed E-state index contributed by atoms with van der Waals surface area (Å²) in [6.45, 7) is 5.92. The Morgan fingerprint density at radius 1 is 1.06 bits per heavy atom. The summed E-state index contributed by atoms with van der Waals surface area (Å²) in [5.41, 5.74) is 2.44. The lowest BCUT2D eigenvalue weighted by Gasteiger charge is -2.29. The second-order valence-electron chi connectivity index (χ2n) is 8.35. The summed E-state index contributed by atoms with van der Waals surface area (Å²) in [6, 6.07) is 11.3. The zero-order chi connectivity index (χ0) is 24.9. The Labute approximate surface area is 208 Å². The van der Waals surface area contributed by atoms with E-state index in [-0.39, 0.29) is 5.91 Å². The van der Waals surface area contributed by atoms with Gasteiger partial charge in [-0.3, -0.25) is 4.79 Å². The molecule has 1 amide bonds. The van der Waals surface area contributed by atoms with Crippen LogP contribution in [-0.4, -0.2) is 63.2 Å². The van der Waals surface area contributed by atoms with Crippen molar-refractivity contribution in [2.75, 3.05) is 31.6 Å². The average molecular weight is 487 g/mol. The van der Waals surface area contributed by atoms with Gasteiger partial charge in [-0.15, -0.1) is 0 Å². The number of carbonyl (C=O) groups is 1. The fourth-order valence-electron chi connectivity index (χ4n) is 4.00. The van der Waals surface area contributed by atoms with Crippen molar-refractivity contribution in [3.63, 3.8) is 0 Å². The van der Waals surface area contributed by atoms with Crippen molar-refractivity contribution in [2.45, 2.75) is 20.0 Å². The number of fused-ring (bicyclic) bond motifs is 1. The molecule has 10 nitrogen and oxygen atoms in total. The molecule has 3 heterocycles. The molecule has 1 atom stereocenters. The molecule has 184 valence electrons. The maximum Gasteiger partial charge on any atom is 0.263 e. The number of nitrogens with zero attached hydrogens (tertiary/aromatic N) is 5. The maximum atomic E-state index is 12.9. The molecule has 1 N–H and O–H groups in total. The SMILES string of the molecule is Cc1cc(Nc2ncnc3cccc(O[C@H](C)C(=O)N4CCOCC4)c23)ccc1Oc1cncnc1. The van der Waals surface area contributed by atoms with Crippen LogP contribution in [0.1, 0.15) is 12.5 Å². The lowest BCUT2D eigenvalue weighted by Crippen LogP contribution is -2.46. The Morgan fingerprint density at radius 2 is 1.86 bits per heavy atom. The molecular weight excluding hydrogens is 460 g/mol. The quantitative estimate of drug-likeness (QED) is 0.416. The van der Waals surface area contributed by atoms with E-state index in [9.17, 15) is 4.79 Å². The van der Waals surface area contributed by atoms with E-state index < -0.39 is 6.10 Å². The van der Waals surface area contributed by atoms with Crippen LogP contribution in [0.2, 0.25) is 0 Å². The first-order chi connectivity index (χ1) is 17.6. The predicted octanol–water partition coefficient (Wildman–Crippen LogP) is 3.89. The summed E-state index contributed by atoms with van der Waals surface area (Å²) >= 11 is 0. The Bertz CT molecular complexity index is 1360. The van der Waals surface area contributed by atoms with Gasteiger partial charge in [0.2, 0.25) is 0 Å². The highest BCUT2D eigenvalue weighted by Crippen LogP contribution is 2.34. The number of nitrogens with one attached hydrogen (secondary N) is 1. The van der Waals surface area contributed by atoms with Crippen LogP contribution in [0.5, 0.6) is 17.2 Å². The van der Waals surface area contributed by atoms with E-state index in [0.29, 0.717) is 60.3 Å². The molecule has 1 aliphatic rings. The number of amides is 1. The summed E-state index contributed by atoms with van der Waals surface area (Å²) < 4.78 is 17.4. The van der Waals surface area contributed by atoms with E-state index in [1.165, 1.54) is 12.7 Å². The molecule has 0 bridgehead atoms. The Hall–Kier alpha value is -4.31. The van der Waals surface area contributed by atoms with Crippen LogP contribution >= 0.6 is 0 Å². The largest absolute Gasteiger partial charge is 0.480 e. The number of morpholine rings is 1. The van der Waals surface area contributed by atoms with Gasteiger partial charge in [0.05, 0.1) is 36.5 Å². The topological polar surface area (TPSA) is 112 Å². The minimum Gasteiger partial charge on any atom is -0.480 e. The molecule has 2 aromatic heterocycles. The third kappa shape index (κ3) is 5.18. The molecule has 0 spiro atoms. The maximum absolute atomic E-state index is 12.9. The normalized spacial score (nSPS) is 14.3. The highest BCUT2D eigenvalue weighted by molar-refractivity contribution is 5.96. The number of hydrogen-bond acceptors (Lipinski definition) is 9. The average Bonchev–Trinajstić information content (AvgIpc) is 2.91. The van der Waals surface area contributed by atoms with E-state index in [0.717, 1.165) is 11.3 Å². The van der Waals surface area contributed by atoms with Gasteiger partial charge in [-0.25, -0.2) is 19.9 Å². The number of benzene rings is 2. The highest BCUT2D eigenvalue weighted by atomic mass is 16.5. The van der Waals surface area contributed by atoms with E-state index in [1.807, 2.05) is 43.3 Å². The molecule has 1 fully saturated rings. The second-order valence-corrected chi connectivity index (χ2v) is 8.35. The van der Waals surface area contributed by atoms with Gasteiger partial charge in [-0.1, -0.05) is 6.07 Å². The molecule has 36 heavy (non-hydrogen) atoms. The number of hydrogen-bond donors (Lipinski definition) is 1. The number of aryl methyl sites for hydroxylation is 1. The molecule has 0 unspecified atom stereocenters. The summed E-state index contributed by atoms with van der Waals surface area (Å²) in [5, 5.41) is 4.06. The Balaban J connectivity index is 1.38. The van der Waals surface area contributed by atoms with Crippen LogP contribution in [0.15, 0.2) is 61.4 Å². The van der Waals surface area contributed by atoms with Crippen LogP contribution in [0, 0.1) is 6.92 Å². The third-order valence-corrected chi connectivity index (χ3v) is 5.80. The number of aromatic nitrogens is 4. The molecule has 4 aromatic rings. The highest BCUT2D eigenvalue weighted by Gasteiger charge is 2.25. The van der Waals surface area contributed by atoms with Crippen molar-refractivity contribution in [3.05, 3.63) is 67.0 Å². The number of rotatable bonds is 7. The minimum absolute atomic E-state index is 0.0725. The zero-order valence-electron chi connectivity index (χ0n) is 20.0. The van der Waals surface area contributed by atoms with Gasteiger partial charge in [0.1, 0.15) is 30.0 Å². The number of ether oxygens (including phenoxy) is 3. The monoisotopic (exact) mass is 486 g/mol. The van der Waals surface area contributed by atoms with Crippen LogP contribution < -0.4 is 14.8 Å². The first-order valence-corrected chi connectivity index (χ1v) is 11.7. The smallest absolute Gasteiger partial charge is 0.263 e. The van der Waals surface area contributed by atoms with E-state index >= 15 is 0 Å². The third-order valence-electron chi connectivity index (χ3n) is 5.80. The van der Waals surface area contributed by atoms with Gasteiger partial charge >= 0.3 is 0 Å². The van der Waals surface area contributed by atoms with Gasteiger partial charge in [0.25, 0.3) is 5.91 Å². The van der Waals surface area contributed by atoms with Crippen LogP contribution in [0.4, 0.5) is 11.5 Å². The standard InChI is InChI=1S/C26H26N6O4/c1-17-12-19(6-7-22(17)36-20-13-27-15-28-14-20)31-25-24-21(29-16-30-25)4-3-5-23(24)35-18(2)26(33)32-8-10-34-11-9-32/h3-7,12-16,18H,8-11H2,1-2H3,(H,29,30,31)/t18-/m1/s1. The van der Waals surface area contributed by atoms with Gasteiger partial charge in [-0.05, 0) is 49.7 Å². The van der Waals surface area contributed by atoms with Crippen LogP contribution in [0.3, 0.4) is 0 Å². The number of carbonyl (C=O) groups excluding carboxylic acids is 1. The summed E-state index contributed by atoms with van der Waals surface area (Å²) in [5.74, 6) is 2.29. The molecule has 5 rings (SSSR count). The molecular formula is C26H26N6O4. The lowest BCUT2D eigenvalue weighted by atomic mass is 10.1. The van der Waals surface area contributed by atoms with Crippen molar-refractivity contribution < 1.29 is 19.0 Å². The first kappa shape index (κ1) is 23.4. The Morgan fingerprint density at radius 3 is 2.64 bits per heavy atom. The molecule has 0 aliphatic carbocycles. The lowest BCUT2D eigenvalue weighted by molar-refractivity contribution is -0.142. The van der Waals surface area contributed by atoms with Gasteiger partial charge in [0, 0.05) is 18.8 Å². The minimum atomic E-state index is -0.664. The van der Waals surface area contributed by atoms with Gasteiger partial charge in [0.15, 0.2) is 11.9 Å². The summed E-state index contributed by atoms with van der Waals surface area (Å²) in [4.78, 5) is 31.5. The Kier molecular flexibility index (Phi) is 6.85. The van der Waals surface area contributed by atoms with Crippen molar-refractivity contribution in [1.82, 2.24) is 24.8 Å². The van der Waals surface area contributed by atoms with E-state index in [1.54, 1.807) is 24.2 Å². The molecule has 10 heteroatoms. The van der Waals surface area contributed by atoms with Crippen molar-refractivity contribution in [1.29, 1.82) is 0 Å². The van der Waals surface area contributed by atoms with E-state index in [4.69, 9.17) is 14.2 Å².